The first-order chi connectivity index (χ1) is 5.60. The maximum absolute atomic E-state index is 9.24. The van der Waals surface area contributed by atoms with Crippen molar-refractivity contribution in [1.29, 1.82) is 0 Å². The SMILES string of the molecule is CC(C)C1CCCCC1(N)CO. The zero-order valence-electron chi connectivity index (χ0n) is 8.21. The molecule has 2 nitrogen and oxygen atoms in total. The van der Waals surface area contributed by atoms with Crippen molar-refractivity contribution in [1.82, 2.24) is 0 Å². The highest BCUT2D eigenvalue weighted by Crippen LogP contribution is 2.36. The minimum Gasteiger partial charge on any atom is -0.394 e. The lowest BCUT2D eigenvalue weighted by atomic mass is 9.69. The molecule has 2 unspecified atom stereocenters. The van der Waals surface area contributed by atoms with Crippen LogP contribution in [0.25, 0.3) is 0 Å². The molecule has 1 rings (SSSR count). The first-order valence-corrected chi connectivity index (χ1v) is 5.00. The largest absolute Gasteiger partial charge is 0.394 e. The predicted molar refractivity (Wildman–Crippen MR) is 50.8 cm³/mol. The molecule has 0 aromatic rings. The van der Waals surface area contributed by atoms with Gasteiger partial charge in [0.15, 0.2) is 0 Å². The third-order valence-corrected chi connectivity index (χ3v) is 3.24. The monoisotopic (exact) mass is 171 g/mol. The maximum Gasteiger partial charge on any atom is 0.0614 e. The third kappa shape index (κ3) is 1.80. The fourth-order valence-corrected chi connectivity index (χ4v) is 2.48. The molecule has 1 aliphatic rings. The van der Waals surface area contributed by atoms with E-state index in [2.05, 4.69) is 13.8 Å². The van der Waals surface area contributed by atoms with Crippen LogP contribution < -0.4 is 5.73 Å². The molecule has 72 valence electrons. The van der Waals surface area contributed by atoms with Crippen molar-refractivity contribution in [2.45, 2.75) is 45.1 Å². The predicted octanol–water partition coefficient (Wildman–Crippen LogP) is 1.52. The van der Waals surface area contributed by atoms with Crippen LogP contribution in [-0.4, -0.2) is 17.3 Å². The van der Waals surface area contributed by atoms with Gasteiger partial charge in [0.25, 0.3) is 0 Å². The van der Waals surface area contributed by atoms with E-state index in [0.717, 1.165) is 6.42 Å². The van der Waals surface area contributed by atoms with Crippen LogP contribution in [0.3, 0.4) is 0 Å². The van der Waals surface area contributed by atoms with Crippen molar-refractivity contribution >= 4 is 0 Å². The van der Waals surface area contributed by atoms with Gasteiger partial charge in [-0.05, 0) is 24.7 Å². The summed E-state index contributed by atoms with van der Waals surface area (Å²) in [7, 11) is 0. The minimum atomic E-state index is -0.285. The molecule has 2 atom stereocenters. The first kappa shape index (κ1) is 10.0. The van der Waals surface area contributed by atoms with E-state index < -0.39 is 0 Å². The Hall–Kier alpha value is -0.0800. The first-order valence-electron chi connectivity index (χ1n) is 5.00. The van der Waals surface area contributed by atoms with Crippen LogP contribution in [0.5, 0.6) is 0 Å². The Morgan fingerprint density at radius 3 is 2.58 bits per heavy atom. The zero-order chi connectivity index (χ0) is 9.19. The van der Waals surface area contributed by atoms with Crippen molar-refractivity contribution in [3.05, 3.63) is 0 Å². The van der Waals surface area contributed by atoms with Crippen molar-refractivity contribution in [3.8, 4) is 0 Å². The molecule has 2 heteroatoms. The smallest absolute Gasteiger partial charge is 0.0614 e. The van der Waals surface area contributed by atoms with Crippen LogP contribution in [0.1, 0.15) is 39.5 Å². The number of hydrogen-bond donors (Lipinski definition) is 2. The molecule has 0 radical (unpaired) electrons. The van der Waals surface area contributed by atoms with Gasteiger partial charge in [0, 0.05) is 5.54 Å². The summed E-state index contributed by atoms with van der Waals surface area (Å²) in [4.78, 5) is 0. The molecule has 1 fully saturated rings. The van der Waals surface area contributed by atoms with Crippen LogP contribution in [-0.2, 0) is 0 Å². The average Bonchev–Trinajstić information content (AvgIpc) is 2.05. The standard InChI is InChI=1S/C10H21NO/c1-8(2)9-5-3-4-6-10(9,11)7-12/h8-9,12H,3-7,11H2,1-2H3. The summed E-state index contributed by atoms with van der Waals surface area (Å²) in [6.07, 6.45) is 4.64. The van der Waals surface area contributed by atoms with Crippen molar-refractivity contribution in [2.75, 3.05) is 6.61 Å². The van der Waals surface area contributed by atoms with E-state index in [9.17, 15) is 5.11 Å². The molecule has 0 bridgehead atoms. The molecule has 0 spiro atoms. The molecule has 0 aromatic heterocycles. The van der Waals surface area contributed by atoms with E-state index in [4.69, 9.17) is 5.73 Å². The Morgan fingerprint density at radius 2 is 2.17 bits per heavy atom. The fourth-order valence-electron chi connectivity index (χ4n) is 2.48. The molecule has 0 aromatic carbocycles. The summed E-state index contributed by atoms with van der Waals surface area (Å²) in [5, 5.41) is 9.24. The lowest BCUT2D eigenvalue weighted by Crippen LogP contribution is -2.54. The number of hydrogen-bond acceptors (Lipinski definition) is 2. The van der Waals surface area contributed by atoms with Gasteiger partial charge in [-0.1, -0.05) is 26.7 Å². The van der Waals surface area contributed by atoms with Crippen LogP contribution in [0.15, 0.2) is 0 Å². The van der Waals surface area contributed by atoms with Gasteiger partial charge in [-0.15, -0.1) is 0 Å². The zero-order valence-corrected chi connectivity index (χ0v) is 8.21. The second kappa shape index (κ2) is 3.75. The highest BCUT2D eigenvalue weighted by molar-refractivity contribution is 4.94. The molecule has 0 saturated heterocycles. The quantitative estimate of drug-likeness (QED) is 0.661. The second-order valence-electron chi connectivity index (χ2n) is 4.49. The fraction of sp³-hybridized carbons (Fsp3) is 1.00. The summed E-state index contributed by atoms with van der Waals surface area (Å²) in [6.45, 7) is 4.55. The van der Waals surface area contributed by atoms with Gasteiger partial charge >= 0.3 is 0 Å². The van der Waals surface area contributed by atoms with Gasteiger partial charge in [0.2, 0.25) is 0 Å². The number of aliphatic hydroxyl groups excluding tert-OH is 1. The Morgan fingerprint density at radius 1 is 1.50 bits per heavy atom. The van der Waals surface area contributed by atoms with E-state index >= 15 is 0 Å². The van der Waals surface area contributed by atoms with Crippen molar-refractivity contribution in [3.63, 3.8) is 0 Å². The maximum atomic E-state index is 9.24. The van der Waals surface area contributed by atoms with E-state index in [0.29, 0.717) is 11.8 Å². The summed E-state index contributed by atoms with van der Waals surface area (Å²) in [6, 6.07) is 0. The third-order valence-electron chi connectivity index (χ3n) is 3.24. The molecule has 0 aliphatic heterocycles. The van der Waals surface area contributed by atoms with Crippen LogP contribution in [0, 0.1) is 11.8 Å². The Balaban J connectivity index is 2.66. The van der Waals surface area contributed by atoms with Crippen molar-refractivity contribution in [2.24, 2.45) is 17.6 Å². The van der Waals surface area contributed by atoms with Gasteiger partial charge in [0.1, 0.15) is 0 Å². The highest BCUT2D eigenvalue weighted by Gasteiger charge is 2.37. The van der Waals surface area contributed by atoms with E-state index in [-0.39, 0.29) is 12.1 Å². The summed E-state index contributed by atoms with van der Waals surface area (Å²) in [5.74, 6) is 1.11. The normalized spacial score (nSPS) is 37.2. The molecule has 3 N–H and O–H groups in total. The number of rotatable bonds is 2. The summed E-state index contributed by atoms with van der Waals surface area (Å²) in [5.41, 5.74) is 5.87. The lowest BCUT2D eigenvalue weighted by molar-refractivity contribution is 0.0738. The van der Waals surface area contributed by atoms with Gasteiger partial charge in [-0.2, -0.15) is 0 Å². The number of nitrogens with two attached hydrogens (primary N) is 1. The second-order valence-corrected chi connectivity index (χ2v) is 4.49. The summed E-state index contributed by atoms with van der Waals surface area (Å²) < 4.78 is 0. The minimum absolute atomic E-state index is 0.149. The molecule has 0 amide bonds. The Kier molecular flexibility index (Phi) is 3.13. The van der Waals surface area contributed by atoms with Gasteiger partial charge in [-0.25, -0.2) is 0 Å². The van der Waals surface area contributed by atoms with Gasteiger partial charge < -0.3 is 10.8 Å². The molecular weight excluding hydrogens is 150 g/mol. The van der Waals surface area contributed by atoms with Gasteiger partial charge in [0.05, 0.1) is 6.61 Å². The van der Waals surface area contributed by atoms with Crippen LogP contribution >= 0.6 is 0 Å². The number of aliphatic hydroxyl groups is 1. The highest BCUT2D eigenvalue weighted by atomic mass is 16.3. The Bertz CT molecular complexity index is 147. The van der Waals surface area contributed by atoms with Crippen molar-refractivity contribution < 1.29 is 5.11 Å². The van der Waals surface area contributed by atoms with Gasteiger partial charge in [-0.3, -0.25) is 0 Å². The van der Waals surface area contributed by atoms with Crippen LogP contribution in [0.2, 0.25) is 0 Å². The average molecular weight is 171 g/mol. The molecule has 0 heterocycles. The lowest BCUT2D eigenvalue weighted by Gasteiger charge is -2.42. The topological polar surface area (TPSA) is 46.2 Å². The van der Waals surface area contributed by atoms with E-state index in [1.165, 1.54) is 19.3 Å². The molecule has 12 heavy (non-hydrogen) atoms. The van der Waals surface area contributed by atoms with E-state index in [1.807, 2.05) is 0 Å². The molecule has 1 aliphatic carbocycles. The summed E-state index contributed by atoms with van der Waals surface area (Å²) >= 11 is 0. The molecule has 1 saturated carbocycles. The Labute approximate surface area is 75.2 Å². The molecular formula is C10H21NO. The van der Waals surface area contributed by atoms with E-state index in [1.54, 1.807) is 0 Å². The van der Waals surface area contributed by atoms with Crippen LogP contribution in [0.4, 0.5) is 0 Å².